The minimum atomic E-state index is -0.448. The van der Waals surface area contributed by atoms with Crippen molar-refractivity contribution in [1.29, 1.82) is 0 Å². The van der Waals surface area contributed by atoms with Crippen LogP contribution in [0, 0.1) is 0 Å². The molecule has 4 aromatic heterocycles. The first-order chi connectivity index (χ1) is 27.7. The van der Waals surface area contributed by atoms with E-state index < -0.39 is 5.41 Å². The third kappa shape index (κ3) is 4.54. The van der Waals surface area contributed by atoms with Gasteiger partial charge in [0.2, 0.25) is 0 Å². The van der Waals surface area contributed by atoms with Crippen molar-refractivity contribution in [2.24, 2.45) is 0 Å². The van der Waals surface area contributed by atoms with E-state index >= 15 is 0 Å². The minimum Gasteiger partial charge on any atom is -0.310 e. The van der Waals surface area contributed by atoms with Crippen molar-refractivity contribution in [3.63, 3.8) is 0 Å². The topological polar surface area (TPSA) is 41.9 Å². The molecular weight excluding hydrogens is 721 g/mol. The lowest BCUT2D eigenvalue weighted by atomic mass is 9.64. The van der Waals surface area contributed by atoms with E-state index in [2.05, 4.69) is 148 Å². The summed E-state index contributed by atoms with van der Waals surface area (Å²) in [6.07, 6.45) is 1.79. The first-order valence-electron chi connectivity index (χ1n) is 18.7. The molecule has 6 heteroatoms. The number of hydrogen-bond donors (Lipinski definition) is 0. The molecule has 10 aromatic rings. The lowest BCUT2D eigenvalue weighted by Gasteiger charge is -2.45. The van der Waals surface area contributed by atoms with Crippen molar-refractivity contribution in [3.8, 4) is 43.8 Å². The van der Waals surface area contributed by atoms with Gasteiger partial charge in [-0.05, 0) is 121 Å². The number of aromatic nitrogens is 3. The Kier molecular flexibility index (Phi) is 6.85. The first-order valence-corrected chi connectivity index (χ1v) is 20.5. The number of thiophene rings is 2. The molecule has 262 valence electrons. The van der Waals surface area contributed by atoms with Crippen LogP contribution in [0.2, 0.25) is 0 Å². The summed E-state index contributed by atoms with van der Waals surface area (Å²) < 4.78 is 0. The maximum atomic E-state index is 5.08. The monoisotopic (exact) mass is 750 g/mol. The van der Waals surface area contributed by atoms with Crippen LogP contribution in [0.25, 0.3) is 65.3 Å². The van der Waals surface area contributed by atoms with E-state index in [9.17, 15) is 0 Å². The van der Waals surface area contributed by atoms with Gasteiger partial charge in [-0.1, -0.05) is 97.1 Å². The number of hydrogen-bond acceptors (Lipinski definition) is 6. The Balaban J connectivity index is 1.09. The molecule has 0 saturated heterocycles. The van der Waals surface area contributed by atoms with Crippen LogP contribution in [-0.4, -0.2) is 15.0 Å². The van der Waals surface area contributed by atoms with Crippen LogP contribution in [0.5, 0.6) is 0 Å². The Bertz CT molecular complexity index is 2960. The van der Waals surface area contributed by atoms with E-state index in [-0.39, 0.29) is 0 Å². The summed E-state index contributed by atoms with van der Waals surface area (Å²) >= 11 is 3.72. The summed E-state index contributed by atoms with van der Waals surface area (Å²) in [5.41, 5.74) is 12.9. The molecule has 0 N–H and O–H groups in total. The lowest BCUT2D eigenvalue weighted by Crippen LogP contribution is -2.36. The van der Waals surface area contributed by atoms with Gasteiger partial charge in [-0.2, -0.15) is 0 Å². The fourth-order valence-electron chi connectivity index (χ4n) is 9.01. The molecule has 0 fully saturated rings. The predicted molar refractivity (Wildman–Crippen MR) is 232 cm³/mol. The highest BCUT2D eigenvalue weighted by molar-refractivity contribution is 7.21. The van der Waals surface area contributed by atoms with Gasteiger partial charge in [0, 0.05) is 32.8 Å². The molecule has 2 aliphatic rings. The van der Waals surface area contributed by atoms with Gasteiger partial charge in [0.25, 0.3) is 0 Å². The molecule has 0 unspecified atom stereocenters. The van der Waals surface area contributed by atoms with Crippen LogP contribution < -0.4 is 4.90 Å². The van der Waals surface area contributed by atoms with Gasteiger partial charge >= 0.3 is 0 Å². The third-order valence-corrected chi connectivity index (χ3v) is 13.5. The molecule has 1 spiro atoms. The molecule has 56 heavy (non-hydrogen) atoms. The van der Waals surface area contributed by atoms with Gasteiger partial charge in [-0.25, -0.2) is 9.97 Å². The Morgan fingerprint density at radius 2 is 0.946 bits per heavy atom. The maximum Gasteiger partial charge on any atom is 0.179 e. The van der Waals surface area contributed by atoms with Crippen LogP contribution in [0.3, 0.4) is 0 Å². The average molecular weight is 751 g/mol. The first kappa shape index (κ1) is 31.6. The molecule has 4 nitrogen and oxygen atoms in total. The quantitative estimate of drug-likeness (QED) is 0.180. The molecule has 5 heterocycles. The normalized spacial score (nSPS) is 13.5. The molecular formula is C50H30N4S2. The van der Waals surface area contributed by atoms with E-state index in [1.807, 2.05) is 59.1 Å². The molecule has 0 saturated carbocycles. The molecule has 0 radical (unpaired) electrons. The Hall–Kier alpha value is -6.73. The Morgan fingerprint density at radius 1 is 0.429 bits per heavy atom. The Morgan fingerprint density at radius 3 is 1.50 bits per heavy atom. The van der Waals surface area contributed by atoms with Crippen LogP contribution in [-0.2, 0) is 5.41 Å². The van der Waals surface area contributed by atoms with E-state index in [1.165, 1.54) is 64.9 Å². The second-order valence-electron chi connectivity index (χ2n) is 14.4. The smallest absolute Gasteiger partial charge is 0.179 e. The van der Waals surface area contributed by atoms with E-state index in [0.717, 1.165) is 33.9 Å². The molecule has 6 aromatic carbocycles. The second kappa shape index (κ2) is 12.1. The maximum absolute atomic E-state index is 5.08. The van der Waals surface area contributed by atoms with Crippen molar-refractivity contribution in [1.82, 2.24) is 15.0 Å². The lowest BCUT2D eigenvalue weighted by molar-refractivity contribution is 0.759. The highest BCUT2D eigenvalue weighted by Crippen LogP contribution is 2.66. The third-order valence-electron chi connectivity index (χ3n) is 11.5. The van der Waals surface area contributed by atoms with Crippen molar-refractivity contribution < 1.29 is 0 Å². The average Bonchev–Trinajstić information content (AvgIpc) is 4.00. The fourth-order valence-corrected chi connectivity index (χ4v) is 11.1. The molecule has 0 bridgehead atoms. The van der Waals surface area contributed by atoms with E-state index in [1.54, 1.807) is 6.20 Å². The summed E-state index contributed by atoms with van der Waals surface area (Å²) in [6, 6.07) is 59.2. The summed E-state index contributed by atoms with van der Waals surface area (Å²) in [6.45, 7) is 0. The number of benzene rings is 6. The standard InChI is InChI=1S/C50H30N4S2/c1-2-10-31(11-3-1)43-30-44(53-49(52-43)42-16-8-9-23-51-42)32-17-19-37(20-18-32)54-45-28-35-14-6-4-12-33(35)26-40(45)50(38-21-24-55-47(38)48-39(50)22-25-56-48)41-27-34-13-5-7-15-36(34)29-46(41)54/h1-30H. The number of nitrogens with zero attached hydrogens (tertiary/aromatic N) is 4. The molecule has 1 aliphatic carbocycles. The number of fused-ring (bicyclic) bond motifs is 11. The van der Waals surface area contributed by atoms with Gasteiger partial charge in [0.05, 0.1) is 28.2 Å². The SMILES string of the molecule is c1ccc(-c2cc(-c3ccc(N4c5cc6ccccc6cc5C5(c6cc7ccccc7cc64)c4ccsc4-c4sccc45)cc3)nc(-c3ccccn3)n2)cc1. The zero-order chi connectivity index (χ0) is 36.8. The van der Waals surface area contributed by atoms with Crippen LogP contribution in [0.1, 0.15) is 22.3 Å². The van der Waals surface area contributed by atoms with Crippen molar-refractivity contribution in [3.05, 3.63) is 203 Å². The molecule has 0 amide bonds. The number of pyridine rings is 1. The largest absolute Gasteiger partial charge is 0.310 e. The van der Waals surface area contributed by atoms with Crippen molar-refractivity contribution in [2.75, 3.05) is 4.90 Å². The zero-order valence-corrected chi connectivity index (χ0v) is 31.6. The minimum absolute atomic E-state index is 0.448. The zero-order valence-electron chi connectivity index (χ0n) is 29.9. The molecule has 1 aliphatic heterocycles. The van der Waals surface area contributed by atoms with E-state index in [0.29, 0.717) is 5.82 Å². The van der Waals surface area contributed by atoms with Gasteiger partial charge < -0.3 is 4.90 Å². The number of rotatable bonds is 4. The van der Waals surface area contributed by atoms with Gasteiger partial charge in [0.15, 0.2) is 5.82 Å². The molecule has 12 rings (SSSR count). The van der Waals surface area contributed by atoms with Crippen LogP contribution in [0.15, 0.2) is 181 Å². The summed E-state index contributed by atoms with van der Waals surface area (Å²) in [4.78, 5) is 19.9. The number of anilines is 3. The highest BCUT2D eigenvalue weighted by Gasteiger charge is 2.53. The van der Waals surface area contributed by atoms with Crippen molar-refractivity contribution in [2.45, 2.75) is 5.41 Å². The van der Waals surface area contributed by atoms with Gasteiger partial charge in [0.1, 0.15) is 5.69 Å². The predicted octanol–water partition coefficient (Wildman–Crippen LogP) is 13.4. The van der Waals surface area contributed by atoms with Crippen LogP contribution >= 0.6 is 22.7 Å². The fraction of sp³-hybridized carbons (Fsp3) is 0.0200. The summed E-state index contributed by atoms with van der Waals surface area (Å²) in [5.74, 6) is 0.603. The Labute approximate surface area is 331 Å². The highest BCUT2D eigenvalue weighted by atomic mass is 32.1. The summed E-state index contributed by atoms with van der Waals surface area (Å²) in [7, 11) is 0. The van der Waals surface area contributed by atoms with E-state index in [4.69, 9.17) is 9.97 Å². The van der Waals surface area contributed by atoms with Gasteiger partial charge in [-0.15, -0.1) is 22.7 Å². The van der Waals surface area contributed by atoms with Gasteiger partial charge in [-0.3, -0.25) is 4.98 Å². The van der Waals surface area contributed by atoms with Crippen molar-refractivity contribution >= 4 is 61.3 Å². The second-order valence-corrected chi connectivity index (χ2v) is 16.3. The summed E-state index contributed by atoms with van der Waals surface area (Å²) in [5, 5.41) is 9.48. The van der Waals surface area contributed by atoms with Crippen LogP contribution in [0.4, 0.5) is 17.1 Å². The molecule has 0 atom stereocenters.